The van der Waals surface area contributed by atoms with Gasteiger partial charge in [-0.1, -0.05) is 41.6 Å². The molecule has 5 heteroatoms. The molecule has 16 heavy (non-hydrogen) atoms. The Balaban J connectivity index is 2.55. The molecule has 0 spiro atoms. The maximum atomic E-state index is 12.3. The highest BCUT2D eigenvalue weighted by atomic mass is 35.5. The summed E-state index contributed by atoms with van der Waals surface area (Å²) in [6, 6.07) is 6.37. The second-order valence-corrected chi connectivity index (χ2v) is 5.56. The number of allylic oxidation sites excluding steroid dienone is 2. The number of rotatable bonds is 4. The second kappa shape index (κ2) is 6.11. The molecule has 0 saturated heterocycles. The van der Waals surface area contributed by atoms with Gasteiger partial charge in [-0.2, -0.15) is 13.2 Å². The smallest absolute Gasteiger partial charge is 0.166 e. The van der Waals surface area contributed by atoms with Crippen molar-refractivity contribution in [1.82, 2.24) is 0 Å². The van der Waals surface area contributed by atoms with E-state index >= 15 is 0 Å². The second-order valence-electron chi connectivity index (χ2n) is 3.36. The molecule has 0 fully saturated rings. The lowest BCUT2D eigenvalue weighted by Gasteiger charge is -2.06. The van der Waals surface area contributed by atoms with E-state index in [1.807, 2.05) is 12.2 Å². The Morgan fingerprint density at radius 3 is 2.25 bits per heavy atom. The van der Waals surface area contributed by atoms with Gasteiger partial charge in [0.2, 0.25) is 0 Å². The van der Waals surface area contributed by atoms with Gasteiger partial charge in [-0.05, 0) is 6.04 Å². The van der Waals surface area contributed by atoms with E-state index in [0.717, 1.165) is 23.4 Å². The molecule has 0 saturated carbocycles. The van der Waals surface area contributed by atoms with Crippen LogP contribution in [0.2, 0.25) is 6.04 Å². The topological polar surface area (TPSA) is 0 Å². The van der Waals surface area contributed by atoms with Gasteiger partial charge in [0.25, 0.3) is 0 Å². The summed E-state index contributed by atoms with van der Waals surface area (Å²) in [4.78, 5) is 0. The van der Waals surface area contributed by atoms with Crippen LogP contribution in [0.4, 0.5) is 13.2 Å². The van der Waals surface area contributed by atoms with Gasteiger partial charge in [-0.25, -0.2) is 0 Å². The zero-order chi connectivity index (χ0) is 12.0. The Morgan fingerprint density at radius 2 is 1.75 bits per heavy atom. The summed E-state index contributed by atoms with van der Waals surface area (Å²) in [6.07, 6.45) is -0.395. The van der Waals surface area contributed by atoms with Gasteiger partial charge in [0.05, 0.1) is 15.1 Å². The summed E-state index contributed by atoms with van der Waals surface area (Å²) in [5, 5.41) is 1.03. The summed E-state index contributed by atoms with van der Waals surface area (Å²) in [5.41, 5.74) is -0.582. The molecule has 1 aromatic rings. The minimum absolute atomic E-state index is 0.488. The van der Waals surface area contributed by atoms with E-state index in [2.05, 4.69) is 0 Å². The molecular formula is C11H12ClF3Si. The maximum Gasteiger partial charge on any atom is 0.416 e. The van der Waals surface area contributed by atoms with Crippen LogP contribution < -0.4 is 5.19 Å². The maximum absolute atomic E-state index is 12.3. The van der Waals surface area contributed by atoms with Crippen molar-refractivity contribution < 1.29 is 13.2 Å². The predicted octanol–water partition coefficient (Wildman–Crippen LogP) is 2.71. The van der Waals surface area contributed by atoms with Gasteiger partial charge >= 0.3 is 6.18 Å². The standard InChI is InChI=1S/C11H12ClF3Si/c12-7-1-2-8-16-10-5-3-9(4-6-10)11(13,14)15/h1-6H,7-8,16H2. The third-order valence-corrected chi connectivity index (χ3v) is 3.99. The van der Waals surface area contributed by atoms with E-state index < -0.39 is 21.3 Å². The first-order valence-electron chi connectivity index (χ1n) is 4.91. The van der Waals surface area contributed by atoms with Gasteiger partial charge in [0.15, 0.2) is 0 Å². The van der Waals surface area contributed by atoms with Crippen LogP contribution in [0, 0.1) is 0 Å². The lowest BCUT2D eigenvalue weighted by atomic mass is 10.2. The number of benzene rings is 1. The molecule has 0 amide bonds. The van der Waals surface area contributed by atoms with Crippen molar-refractivity contribution in [3.8, 4) is 0 Å². The molecule has 0 heterocycles. The van der Waals surface area contributed by atoms with Gasteiger partial charge < -0.3 is 0 Å². The first-order chi connectivity index (χ1) is 7.54. The van der Waals surface area contributed by atoms with Crippen LogP contribution in [0.5, 0.6) is 0 Å². The molecular weight excluding hydrogens is 253 g/mol. The zero-order valence-electron chi connectivity index (χ0n) is 8.60. The number of halogens is 4. The van der Waals surface area contributed by atoms with E-state index in [0.29, 0.717) is 5.88 Å². The minimum atomic E-state index is -4.24. The quantitative estimate of drug-likeness (QED) is 0.446. The van der Waals surface area contributed by atoms with Crippen molar-refractivity contribution in [2.24, 2.45) is 0 Å². The van der Waals surface area contributed by atoms with Crippen molar-refractivity contribution in [1.29, 1.82) is 0 Å². The van der Waals surface area contributed by atoms with E-state index in [9.17, 15) is 13.2 Å². The average Bonchev–Trinajstić information content (AvgIpc) is 2.24. The molecule has 1 aromatic carbocycles. The Bertz CT molecular complexity index is 343. The molecule has 1 rings (SSSR count). The van der Waals surface area contributed by atoms with Gasteiger partial charge in [0.1, 0.15) is 0 Å². The largest absolute Gasteiger partial charge is 0.416 e. The van der Waals surface area contributed by atoms with E-state index in [4.69, 9.17) is 11.6 Å². The SMILES string of the molecule is FC(F)(F)c1ccc([SiH2]CC=CCCl)cc1. The number of alkyl halides is 4. The Labute approximate surface area is 99.9 Å². The monoisotopic (exact) mass is 264 g/mol. The van der Waals surface area contributed by atoms with Crippen LogP contribution in [0.15, 0.2) is 36.4 Å². The molecule has 0 unspecified atom stereocenters. The first kappa shape index (κ1) is 13.3. The van der Waals surface area contributed by atoms with Gasteiger partial charge in [-0.3, -0.25) is 0 Å². The highest BCUT2D eigenvalue weighted by Crippen LogP contribution is 2.28. The van der Waals surface area contributed by atoms with Crippen LogP contribution >= 0.6 is 11.6 Å². The molecule has 0 atom stereocenters. The molecule has 0 N–H and O–H groups in total. The molecule has 88 valence electrons. The third kappa shape index (κ3) is 4.41. The fourth-order valence-corrected chi connectivity index (χ4v) is 2.72. The molecule has 0 nitrogen and oxygen atoms in total. The number of hydrogen-bond acceptors (Lipinski definition) is 0. The molecule has 0 aliphatic rings. The van der Waals surface area contributed by atoms with Crippen LogP contribution in [0.3, 0.4) is 0 Å². The molecule has 0 aliphatic carbocycles. The molecule has 0 aromatic heterocycles. The van der Waals surface area contributed by atoms with E-state index in [1.165, 1.54) is 0 Å². The highest BCUT2D eigenvalue weighted by Gasteiger charge is 2.29. The molecule has 0 aliphatic heterocycles. The van der Waals surface area contributed by atoms with E-state index in [-0.39, 0.29) is 0 Å². The lowest BCUT2D eigenvalue weighted by molar-refractivity contribution is -0.137. The summed E-state index contributed by atoms with van der Waals surface area (Å²) in [7, 11) is -0.504. The van der Waals surface area contributed by atoms with Crippen LogP contribution in [0.25, 0.3) is 0 Å². The Kier molecular flexibility index (Phi) is 5.08. The fraction of sp³-hybridized carbons (Fsp3) is 0.273. The summed E-state index contributed by atoms with van der Waals surface area (Å²) >= 11 is 5.46. The highest BCUT2D eigenvalue weighted by molar-refractivity contribution is 6.53. The summed E-state index contributed by atoms with van der Waals surface area (Å²) in [6.45, 7) is 0. The summed E-state index contributed by atoms with van der Waals surface area (Å²) in [5.74, 6) is 0.488. The lowest BCUT2D eigenvalue weighted by Crippen LogP contribution is -2.14. The van der Waals surface area contributed by atoms with Crippen molar-refractivity contribution in [3.63, 3.8) is 0 Å². The third-order valence-electron chi connectivity index (χ3n) is 2.14. The first-order valence-corrected chi connectivity index (χ1v) is 7.15. The Hall–Kier alpha value is -0.743. The molecule has 0 radical (unpaired) electrons. The van der Waals surface area contributed by atoms with Crippen LogP contribution in [0.1, 0.15) is 5.56 Å². The van der Waals surface area contributed by atoms with Crippen LogP contribution in [-0.2, 0) is 6.18 Å². The van der Waals surface area contributed by atoms with Crippen molar-refractivity contribution in [3.05, 3.63) is 42.0 Å². The van der Waals surface area contributed by atoms with E-state index in [1.54, 1.807) is 12.1 Å². The van der Waals surface area contributed by atoms with Gasteiger partial charge in [-0.15, -0.1) is 11.6 Å². The summed E-state index contributed by atoms with van der Waals surface area (Å²) < 4.78 is 36.8. The van der Waals surface area contributed by atoms with Crippen molar-refractivity contribution in [2.75, 3.05) is 5.88 Å². The molecule has 0 bridgehead atoms. The van der Waals surface area contributed by atoms with Gasteiger partial charge in [0, 0.05) is 5.88 Å². The average molecular weight is 265 g/mol. The van der Waals surface area contributed by atoms with Crippen molar-refractivity contribution >= 4 is 26.3 Å². The number of hydrogen-bond donors (Lipinski definition) is 0. The van der Waals surface area contributed by atoms with Crippen LogP contribution in [-0.4, -0.2) is 15.4 Å². The zero-order valence-corrected chi connectivity index (χ0v) is 10.8. The normalized spacial score (nSPS) is 13.0. The predicted molar refractivity (Wildman–Crippen MR) is 64.3 cm³/mol. The minimum Gasteiger partial charge on any atom is -0.166 e. The van der Waals surface area contributed by atoms with Crippen molar-refractivity contribution in [2.45, 2.75) is 12.2 Å². The fourth-order valence-electron chi connectivity index (χ4n) is 1.29. The Morgan fingerprint density at radius 1 is 1.12 bits per heavy atom.